The summed E-state index contributed by atoms with van der Waals surface area (Å²) in [5.41, 5.74) is 5.60. The fraction of sp³-hybridized carbons (Fsp3) is 0.538. The number of rotatable bonds is 1. The third kappa shape index (κ3) is 2.61. The number of benzene rings is 1. The van der Waals surface area contributed by atoms with E-state index in [1.807, 2.05) is 6.92 Å². The highest BCUT2D eigenvalue weighted by Crippen LogP contribution is 2.37. The van der Waals surface area contributed by atoms with E-state index in [9.17, 15) is 13.2 Å². The van der Waals surface area contributed by atoms with Crippen LogP contribution in [0.25, 0.3) is 0 Å². The van der Waals surface area contributed by atoms with Crippen molar-refractivity contribution in [3.8, 4) is 0 Å². The Kier molecular flexibility index (Phi) is 3.52. The summed E-state index contributed by atoms with van der Waals surface area (Å²) in [4.78, 5) is 1.79. The fourth-order valence-corrected chi connectivity index (χ4v) is 2.37. The van der Waals surface area contributed by atoms with Crippen molar-refractivity contribution in [2.45, 2.75) is 25.6 Å². The van der Waals surface area contributed by atoms with Crippen LogP contribution in [0.3, 0.4) is 0 Å². The Bertz CT molecular complexity index is 417. The number of para-hydroxylation sites is 1. The SMILES string of the molecule is CC1CN(c2ccccc2C(F)(F)F)CCC1N. The summed E-state index contributed by atoms with van der Waals surface area (Å²) in [6.45, 7) is 3.14. The Morgan fingerprint density at radius 2 is 1.94 bits per heavy atom. The lowest BCUT2D eigenvalue weighted by atomic mass is 9.94. The summed E-state index contributed by atoms with van der Waals surface area (Å²) >= 11 is 0. The third-order valence-electron chi connectivity index (χ3n) is 3.52. The van der Waals surface area contributed by atoms with Gasteiger partial charge in [0.1, 0.15) is 0 Å². The van der Waals surface area contributed by atoms with Gasteiger partial charge >= 0.3 is 6.18 Å². The number of anilines is 1. The van der Waals surface area contributed by atoms with Crippen molar-refractivity contribution in [3.63, 3.8) is 0 Å². The van der Waals surface area contributed by atoms with Crippen molar-refractivity contribution >= 4 is 5.69 Å². The second-order valence-electron chi connectivity index (χ2n) is 4.89. The van der Waals surface area contributed by atoms with Gasteiger partial charge in [0, 0.05) is 24.8 Å². The molecule has 1 aliphatic rings. The van der Waals surface area contributed by atoms with Gasteiger partial charge < -0.3 is 10.6 Å². The largest absolute Gasteiger partial charge is 0.418 e. The molecule has 2 nitrogen and oxygen atoms in total. The molecule has 18 heavy (non-hydrogen) atoms. The number of hydrogen-bond donors (Lipinski definition) is 1. The maximum atomic E-state index is 12.9. The number of nitrogens with two attached hydrogens (primary N) is 1. The summed E-state index contributed by atoms with van der Waals surface area (Å²) < 4.78 is 38.8. The number of nitrogens with zero attached hydrogens (tertiary/aromatic N) is 1. The van der Waals surface area contributed by atoms with E-state index in [4.69, 9.17) is 5.73 Å². The van der Waals surface area contributed by atoms with E-state index < -0.39 is 11.7 Å². The topological polar surface area (TPSA) is 29.3 Å². The van der Waals surface area contributed by atoms with Crippen molar-refractivity contribution < 1.29 is 13.2 Å². The van der Waals surface area contributed by atoms with Crippen molar-refractivity contribution in [2.75, 3.05) is 18.0 Å². The molecule has 1 aliphatic heterocycles. The molecule has 1 aromatic rings. The maximum absolute atomic E-state index is 12.9. The normalized spacial score (nSPS) is 25.3. The zero-order valence-electron chi connectivity index (χ0n) is 10.2. The van der Waals surface area contributed by atoms with E-state index in [2.05, 4.69) is 0 Å². The maximum Gasteiger partial charge on any atom is 0.418 e. The van der Waals surface area contributed by atoms with Gasteiger partial charge in [0.05, 0.1) is 5.56 Å². The number of hydrogen-bond acceptors (Lipinski definition) is 2. The molecule has 1 aromatic carbocycles. The molecule has 100 valence electrons. The van der Waals surface area contributed by atoms with Crippen LogP contribution in [0.15, 0.2) is 24.3 Å². The zero-order valence-corrected chi connectivity index (χ0v) is 10.2. The lowest BCUT2D eigenvalue weighted by Crippen LogP contribution is -2.46. The van der Waals surface area contributed by atoms with E-state index in [1.54, 1.807) is 11.0 Å². The standard InChI is InChI=1S/C13H17F3N2/c1-9-8-18(7-6-11(9)17)12-5-3-2-4-10(12)13(14,15)16/h2-5,9,11H,6-8,17H2,1H3. The molecule has 0 radical (unpaired) electrons. The predicted molar refractivity (Wildman–Crippen MR) is 65.4 cm³/mol. The average Bonchev–Trinajstić information content (AvgIpc) is 2.32. The minimum atomic E-state index is -4.31. The molecule has 1 heterocycles. The molecule has 0 aromatic heterocycles. The number of piperidine rings is 1. The van der Waals surface area contributed by atoms with Crippen LogP contribution in [0.4, 0.5) is 18.9 Å². The number of halogens is 3. The zero-order chi connectivity index (χ0) is 13.3. The minimum Gasteiger partial charge on any atom is -0.371 e. The third-order valence-corrected chi connectivity index (χ3v) is 3.52. The molecule has 0 amide bonds. The first kappa shape index (κ1) is 13.2. The van der Waals surface area contributed by atoms with Gasteiger partial charge in [0.15, 0.2) is 0 Å². The fourth-order valence-electron chi connectivity index (χ4n) is 2.37. The van der Waals surface area contributed by atoms with Crippen LogP contribution in [-0.2, 0) is 6.18 Å². The Hall–Kier alpha value is -1.23. The van der Waals surface area contributed by atoms with E-state index in [0.29, 0.717) is 13.1 Å². The summed E-state index contributed by atoms with van der Waals surface area (Å²) in [6, 6.07) is 5.81. The smallest absolute Gasteiger partial charge is 0.371 e. The summed E-state index contributed by atoms with van der Waals surface area (Å²) in [5.74, 6) is 0.208. The first-order valence-electron chi connectivity index (χ1n) is 6.06. The first-order chi connectivity index (χ1) is 8.39. The predicted octanol–water partition coefficient (Wildman–Crippen LogP) is 2.88. The molecule has 0 saturated carbocycles. The first-order valence-corrected chi connectivity index (χ1v) is 6.06. The second kappa shape index (κ2) is 4.80. The Morgan fingerprint density at radius 3 is 2.56 bits per heavy atom. The molecule has 0 bridgehead atoms. The van der Waals surface area contributed by atoms with E-state index >= 15 is 0 Å². The Balaban J connectivity index is 2.29. The van der Waals surface area contributed by atoms with Crippen molar-refractivity contribution in [3.05, 3.63) is 29.8 Å². The van der Waals surface area contributed by atoms with E-state index in [0.717, 1.165) is 12.5 Å². The summed E-state index contributed by atoms with van der Waals surface area (Å²) in [6.07, 6.45) is -3.58. The highest BCUT2D eigenvalue weighted by atomic mass is 19.4. The number of alkyl halides is 3. The highest BCUT2D eigenvalue weighted by molar-refractivity contribution is 5.55. The lowest BCUT2D eigenvalue weighted by Gasteiger charge is -2.37. The van der Waals surface area contributed by atoms with Crippen LogP contribution < -0.4 is 10.6 Å². The van der Waals surface area contributed by atoms with Gasteiger partial charge in [-0.3, -0.25) is 0 Å². The van der Waals surface area contributed by atoms with Crippen LogP contribution in [0.1, 0.15) is 18.9 Å². The van der Waals surface area contributed by atoms with Crippen molar-refractivity contribution in [2.24, 2.45) is 11.7 Å². The molecule has 2 N–H and O–H groups in total. The van der Waals surface area contributed by atoms with Gasteiger partial charge in [0.2, 0.25) is 0 Å². The van der Waals surface area contributed by atoms with Crippen LogP contribution in [0, 0.1) is 5.92 Å². The van der Waals surface area contributed by atoms with E-state index in [-0.39, 0.29) is 17.6 Å². The van der Waals surface area contributed by atoms with Gasteiger partial charge in [-0.05, 0) is 24.5 Å². The van der Waals surface area contributed by atoms with Gasteiger partial charge in [0.25, 0.3) is 0 Å². The Morgan fingerprint density at radius 1 is 1.28 bits per heavy atom. The quantitative estimate of drug-likeness (QED) is 0.839. The molecule has 0 aliphatic carbocycles. The van der Waals surface area contributed by atoms with Crippen LogP contribution in [0.5, 0.6) is 0 Å². The highest BCUT2D eigenvalue weighted by Gasteiger charge is 2.35. The molecular formula is C13H17F3N2. The van der Waals surface area contributed by atoms with E-state index in [1.165, 1.54) is 12.1 Å². The summed E-state index contributed by atoms with van der Waals surface area (Å²) in [5, 5.41) is 0. The molecule has 1 fully saturated rings. The van der Waals surface area contributed by atoms with Gasteiger partial charge in [-0.25, -0.2) is 0 Å². The Labute approximate surface area is 105 Å². The van der Waals surface area contributed by atoms with Gasteiger partial charge in [-0.1, -0.05) is 19.1 Å². The minimum absolute atomic E-state index is 0.0827. The summed E-state index contributed by atoms with van der Waals surface area (Å²) in [7, 11) is 0. The van der Waals surface area contributed by atoms with Crippen LogP contribution in [0.2, 0.25) is 0 Å². The molecule has 2 rings (SSSR count). The average molecular weight is 258 g/mol. The van der Waals surface area contributed by atoms with Gasteiger partial charge in [-0.15, -0.1) is 0 Å². The molecule has 1 saturated heterocycles. The monoisotopic (exact) mass is 258 g/mol. The molecule has 5 heteroatoms. The molecular weight excluding hydrogens is 241 g/mol. The second-order valence-corrected chi connectivity index (χ2v) is 4.89. The van der Waals surface area contributed by atoms with Crippen molar-refractivity contribution in [1.82, 2.24) is 0 Å². The van der Waals surface area contributed by atoms with Gasteiger partial charge in [-0.2, -0.15) is 13.2 Å². The molecule has 2 unspecified atom stereocenters. The van der Waals surface area contributed by atoms with Crippen LogP contribution in [-0.4, -0.2) is 19.1 Å². The molecule has 2 atom stereocenters. The van der Waals surface area contributed by atoms with Crippen LogP contribution >= 0.6 is 0 Å². The van der Waals surface area contributed by atoms with Crippen molar-refractivity contribution in [1.29, 1.82) is 0 Å². The molecule has 0 spiro atoms. The lowest BCUT2D eigenvalue weighted by molar-refractivity contribution is -0.137.